The van der Waals surface area contributed by atoms with E-state index in [1.54, 1.807) is 0 Å². The Morgan fingerprint density at radius 1 is 0.337 bits per heavy atom. The van der Waals surface area contributed by atoms with Crippen molar-refractivity contribution in [3.8, 4) is 0 Å². The van der Waals surface area contributed by atoms with Gasteiger partial charge in [0.25, 0.3) is 0 Å². The first kappa shape index (κ1) is 81.1. The molecule has 6 atom stereocenters. The van der Waals surface area contributed by atoms with E-state index in [0.29, 0.717) is 37.5 Å². The molecule has 17 nitrogen and oxygen atoms in total. The summed E-state index contributed by atoms with van der Waals surface area (Å²) in [5, 5.41) is 10.5. The Balaban J connectivity index is 5.24. The number of ether oxygens (including phenoxy) is 4. The number of phosphoric acid groups is 2. The molecule has 0 heterocycles. The standard InChI is InChI=1S/C64H124O17P2/c1-9-57(8)43-35-27-21-23-29-37-45-62(67)75-51-60(81-64(69)47-39-31-19-15-17-25-33-41-55(4)5)53-79-83(72,73)77-49-58(65)48-76-82(70,71)78-52-59(50-74-61(66)44-36-28-22-20-26-34-42-56(6)7)80-63(68)46-38-30-18-14-12-10-11-13-16-24-32-40-54(2)3/h54-60,65H,9-53H2,1-8H3,(H,70,71)(H,72,73)/t57?,58-,59+,60+/m0/s1. The second-order valence-electron chi connectivity index (χ2n) is 24.8. The molecule has 0 aromatic rings. The van der Waals surface area contributed by atoms with Crippen molar-refractivity contribution in [2.24, 2.45) is 23.7 Å². The second-order valence-corrected chi connectivity index (χ2v) is 27.7. The molecule has 0 aromatic heterocycles. The van der Waals surface area contributed by atoms with E-state index >= 15 is 0 Å². The molecule has 0 amide bonds. The number of aliphatic hydroxyl groups excluding tert-OH is 1. The van der Waals surface area contributed by atoms with Crippen molar-refractivity contribution in [1.82, 2.24) is 0 Å². The molecule has 0 radical (unpaired) electrons. The molecule has 0 spiro atoms. The Kier molecular flexibility index (Phi) is 53.0. The summed E-state index contributed by atoms with van der Waals surface area (Å²) in [6.07, 6.45) is 33.7. The van der Waals surface area contributed by atoms with E-state index in [9.17, 15) is 43.2 Å². The summed E-state index contributed by atoms with van der Waals surface area (Å²) < 4.78 is 68.0. The topological polar surface area (TPSA) is 237 Å². The van der Waals surface area contributed by atoms with Crippen LogP contribution in [0.1, 0.15) is 306 Å². The Morgan fingerprint density at radius 2 is 0.578 bits per heavy atom. The minimum Gasteiger partial charge on any atom is -0.462 e. The van der Waals surface area contributed by atoms with Gasteiger partial charge in [-0.05, 0) is 49.4 Å². The van der Waals surface area contributed by atoms with Crippen LogP contribution >= 0.6 is 15.6 Å². The molecule has 0 aliphatic rings. The molecule has 0 rings (SSSR count). The molecule has 19 heteroatoms. The number of hydrogen-bond acceptors (Lipinski definition) is 15. The molecular formula is C64H124O17P2. The minimum absolute atomic E-state index is 0.102. The maximum absolute atomic E-state index is 13.0. The van der Waals surface area contributed by atoms with Gasteiger partial charge >= 0.3 is 39.5 Å². The number of rotatable bonds is 61. The first-order valence-corrected chi connectivity index (χ1v) is 36.2. The molecule has 0 saturated heterocycles. The Bertz CT molecular complexity index is 1660. The lowest BCUT2D eigenvalue weighted by Gasteiger charge is -2.21. The normalized spacial score (nSPS) is 14.8. The number of carbonyl (C=O) groups is 4. The van der Waals surface area contributed by atoms with Crippen LogP contribution in [0.5, 0.6) is 0 Å². The van der Waals surface area contributed by atoms with Crippen LogP contribution in [0, 0.1) is 23.7 Å². The molecule has 0 saturated carbocycles. The van der Waals surface area contributed by atoms with Gasteiger partial charge in [-0.3, -0.25) is 37.3 Å². The lowest BCUT2D eigenvalue weighted by molar-refractivity contribution is -0.161. The Morgan fingerprint density at radius 3 is 0.855 bits per heavy atom. The van der Waals surface area contributed by atoms with Gasteiger partial charge in [0.15, 0.2) is 12.2 Å². The summed E-state index contributed by atoms with van der Waals surface area (Å²) in [5.74, 6) is 0.729. The van der Waals surface area contributed by atoms with E-state index in [2.05, 4.69) is 55.4 Å². The predicted molar refractivity (Wildman–Crippen MR) is 331 cm³/mol. The van der Waals surface area contributed by atoms with Gasteiger partial charge < -0.3 is 33.8 Å². The monoisotopic (exact) mass is 1230 g/mol. The molecule has 0 fully saturated rings. The summed E-state index contributed by atoms with van der Waals surface area (Å²) in [6, 6.07) is 0. The van der Waals surface area contributed by atoms with Crippen molar-refractivity contribution >= 4 is 39.5 Å². The molecule has 0 bridgehead atoms. The van der Waals surface area contributed by atoms with E-state index in [0.717, 1.165) is 115 Å². The van der Waals surface area contributed by atoms with Crippen LogP contribution in [0.4, 0.5) is 0 Å². The van der Waals surface area contributed by atoms with Crippen LogP contribution in [0.2, 0.25) is 0 Å². The van der Waals surface area contributed by atoms with E-state index < -0.39 is 97.5 Å². The van der Waals surface area contributed by atoms with Crippen LogP contribution in [0.3, 0.4) is 0 Å². The van der Waals surface area contributed by atoms with Crippen LogP contribution in [0.25, 0.3) is 0 Å². The third-order valence-electron chi connectivity index (χ3n) is 14.9. The summed E-state index contributed by atoms with van der Waals surface area (Å²) >= 11 is 0. The smallest absolute Gasteiger partial charge is 0.462 e. The number of hydrogen-bond donors (Lipinski definition) is 3. The fourth-order valence-electron chi connectivity index (χ4n) is 9.40. The highest BCUT2D eigenvalue weighted by atomic mass is 31.2. The average molecular weight is 1230 g/mol. The summed E-state index contributed by atoms with van der Waals surface area (Å²) in [5.41, 5.74) is 0. The molecular weight excluding hydrogens is 1100 g/mol. The van der Waals surface area contributed by atoms with Crippen molar-refractivity contribution in [3.63, 3.8) is 0 Å². The van der Waals surface area contributed by atoms with E-state index in [-0.39, 0.29) is 25.7 Å². The average Bonchev–Trinajstić information content (AvgIpc) is 3.44. The van der Waals surface area contributed by atoms with Crippen LogP contribution in [-0.4, -0.2) is 96.7 Å². The molecule has 3 N–H and O–H groups in total. The summed E-state index contributed by atoms with van der Waals surface area (Å²) in [6.45, 7) is 13.9. The van der Waals surface area contributed by atoms with Gasteiger partial charge in [-0.15, -0.1) is 0 Å². The molecule has 0 aliphatic heterocycles. The van der Waals surface area contributed by atoms with Gasteiger partial charge in [0.1, 0.15) is 19.3 Å². The van der Waals surface area contributed by atoms with Crippen molar-refractivity contribution in [2.75, 3.05) is 39.6 Å². The van der Waals surface area contributed by atoms with E-state index in [1.807, 2.05) is 0 Å². The maximum atomic E-state index is 13.0. The molecule has 3 unspecified atom stereocenters. The van der Waals surface area contributed by atoms with Crippen molar-refractivity contribution < 1.29 is 80.2 Å². The number of unbranched alkanes of at least 4 members (excludes halogenated alkanes) is 26. The minimum atomic E-state index is -4.95. The summed E-state index contributed by atoms with van der Waals surface area (Å²) in [7, 11) is -9.89. The van der Waals surface area contributed by atoms with Crippen molar-refractivity contribution in [3.05, 3.63) is 0 Å². The molecule has 0 aliphatic carbocycles. The zero-order valence-corrected chi connectivity index (χ0v) is 55.6. The SMILES string of the molecule is CCC(C)CCCCCCCCC(=O)OC[C@H](COP(=O)(O)OC[C@@H](O)COP(=O)(O)OC[C@@H](COC(=O)CCCCCCCCC(C)C)OC(=O)CCCCCCCCCCCCCC(C)C)OC(=O)CCCCCCCCCC(C)C. The quantitative estimate of drug-likeness (QED) is 0.0222. The zero-order valence-electron chi connectivity index (χ0n) is 53.8. The van der Waals surface area contributed by atoms with Crippen LogP contribution < -0.4 is 0 Å². The number of esters is 4. The van der Waals surface area contributed by atoms with Gasteiger partial charge in [-0.1, -0.05) is 254 Å². The highest BCUT2D eigenvalue weighted by molar-refractivity contribution is 7.47. The van der Waals surface area contributed by atoms with Gasteiger partial charge in [0, 0.05) is 25.7 Å². The first-order chi connectivity index (χ1) is 39.6. The van der Waals surface area contributed by atoms with E-state index in [1.165, 1.54) is 96.3 Å². The van der Waals surface area contributed by atoms with Crippen molar-refractivity contribution in [1.29, 1.82) is 0 Å². The van der Waals surface area contributed by atoms with Gasteiger partial charge in [0.2, 0.25) is 0 Å². The highest BCUT2D eigenvalue weighted by Crippen LogP contribution is 2.45. The predicted octanol–water partition coefficient (Wildman–Crippen LogP) is 17.4. The number of carbonyl (C=O) groups excluding carboxylic acids is 4. The van der Waals surface area contributed by atoms with Gasteiger partial charge in [-0.2, -0.15) is 0 Å². The van der Waals surface area contributed by atoms with Gasteiger partial charge in [-0.25, -0.2) is 9.13 Å². The molecule has 83 heavy (non-hydrogen) atoms. The first-order valence-electron chi connectivity index (χ1n) is 33.2. The van der Waals surface area contributed by atoms with Crippen LogP contribution in [-0.2, 0) is 65.4 Å². The van der Waals surface area contributed by atoms with Gasteiger partial charge in [0.05, 0.1) is 26.4 Å². The number of aliphatic hydroxyl groups is 1. The van der Waals surface area contributed by atoms with Crippen molar-refractivity contribution in [2.45, 2.75) is 324 Å². The third-order valence-corrected chi connectivity index (χ3v) is 16.8. The zero-order chi connectivity index (χ0) is 61.8. The third kappa shape index (κ3) is 57.6. The highest BCUT2D eigenvalue weighted by Gasteiger charge is 2.30. The molecule has 492 valence electrons. The van der Waals surface area contributed by atoms with E-state index in [4.69, 9.17) is 37.0 Å². The largest absolute Gasteiger partial charge is 0.472 e. The Labute approximate surface area is 505 Å². The Hall–Kier alpha value is -1.94. The fourth-order valence-corrected chi connectivity index (χ4v) is 11.0. The summed E-state index contributed by atoms with van der Waals surface area (Å²) in [4.78, 5) is 72.2. The maximum Gasteiger partial charge on any atom is 0.472 e. The second kappa shape index (κ2) is 54.2. The molecule has 0 aromatic carbocycles. The lowest BCUT2D eigenvalue weighted by atomic mass is 10.00. The fraction of sp³-hybridized carbons (Fsp3) is 0.938. The lowest BCUT2D eigenvalue weighted by Crippen LogP contribution is -2.30. The number of phosphoric ester groups is 2. The van der Waals surface area contributed by atoms with Crippen LogP contribution in [0.15, 0.2) is 0 Å².